The van der Waals surface area contributed by atoms with Gasteiger partial charge in [-0.15, -0.1) is 11.3 Å². The Balaban J connectivity index is 2.64. The first-order valence-electron chi connectivity index (χ1n) is 4.38. The zero-order chi connectivity index (χ0) is 10.1. The van der Waals surface area contributed by atoms with Gasteiger partial charge in [-0.1, -0.05) is 20.8 Å². The van der Waals surface area contributed by atoms with Gasteiger partial charge in [0.2, 0.25) is 0 Å². The quantitative estimate of drug-likeness (QED) is 0.858. The molecule has 0 aliphatic heterocycles. The second kappa shape index (κ2) is 4.11. The van der Waals surface area contributed by atoms with Crippen molar-refractivity contribution in [2.75, 3.05) is 0 Å². The highest BCUT2D eigenvalue weighted by atomic mass is 79.9. The first-order chi connectivity index (χ1) is 5.88. The molecule has 0 spiro atoms. The number of nitrogens with two attached hydrogens (primary N) is 1. The van der Waals surface area contributed by atoms with Gasteiger partial charge in [0.15, 0.2) is 0 Å². The zero-order valence-corrected chi connectivity index (χ0v) is 10.7. The van der Waals surface area contributed by atoms with E-state index < -0.39 is 0 Å². The number of rotatable bonds is 2. The van der Waals surface area contributed by atoms with Gasteiger partial charge < -0.3 is 5.73 Å². The molecule has 1 rings (SSSR count). The van der Waals surface area contributed by atoms with Gasteiger partial charge in [-0.3, -0.25) is 0 Å². The van der Waals surface area contributed by atoms with E-state index in [1.54, 1.807) is 11.3 Å². The Morgan fingerprint density at radius 1 is 1.54 bits per heavy atom. The minimum Gasteiger partial charge on any atom is -0.323 e. The van der Waals surface area contributed by atoms with Gasteiger partial charge in [0, 0.05) is 20.8 Å². The predicted octanol–water partition coefficient (Wildman–Crippen LogP) is 3.95. The molecule has 1 aromatic rings. The summed E-state index contributed by atoms with van der Waals surface area (Å²) in [6.45, 7) is 6.65. The Labute approximate surface area is 92.5 Å². The third kappa shape index (κ3) is 3.79. The number of halogens is 1. The fourth-order valence-corrected chi connectivity index (χ4v) is 2.73. The van der Waals surface area contributed by atoms with E-state index in [1.165, 1.54) is 4.88 Å². The molecular formula is C10H16BrNS. The second-order valence-corrected chi connectivity index (χ2v) is 6.40. The molecule has 13 heavy (non-hydrogen) atoms. The summed E-state index contributed by atoms with van der Waals surface area (Å²) >= 11 is 5.16. The van der Waals surface area contributed by atoms with Crippen molar-refractivity contribution >= 4 is 27.3 Å². The molecule has 0 unspecified atom stereocenters. The van der Waals surface area contributed by atoms with Crippen LogP contribution in [0.2, 0.25) is 0 Å². The predicted molar refractivity (Wildman–Crippen MR) is 63.0 cm³/mol. The molecule has 0 radical (unpaired) electrons. The molecule has 1 nitrogen and oxygen atoms in total. The summed E-state index contributed by atoms with van der Waals surface area (Å²) in [6.07, 6.45) is 1.03. The second-order valence-electron chi connectivity index (χ2n) is 4.54. The molecule has 0 aliphatic carbocycles. The average Bonchev–Trinajstić information content (AvgIpc) is 2.31. The van der Waals surface area contributed by atoms with Crippen molar-refractivity contribution in [3.8, 4) is 0 Å². The standard InChI is InChI=1S/C10H16BrNS/c1-10(2,3)5-8(12)9-4-7(11)6-13-9/h4,6,8H,5,12H2,1-3H3/t8-/m1/s1. The molecule has 0 fully saturated rings. The van der Waals surface area contributed by atoms with Crippen molar-refractivity contribution in [3.05, 3.63) is 20.8 Å². The Kier molecular flexibility index (Phi) is 3.55. The topological polar surface area (TPSA) is 26.0 Å². The van der Waals surface area contributed by atoms with E-state index in [1.807, 2.05) is 0 Å². The van der Waals surface area contributed by atoms with E-state index in [-0.39, 0.29) is 6.04 Å². The normalized spacial score (nSPS) is 14.5. The van der Waals surface area contributed by atoms with Crippen molar-refractivity contribution in [3.63, 3.8) is 0 Å². The molecule has 0 bridgehead atoms. The van der Waals surface area contributed by atoms with Gasteiger partial charge in [-0.25, -0.2) is 0 Å². The largest absolute Gasteiger partial charge is 0.323 e. The molecule has 0 saturated heterocycles. The highest BCUT2D eigenvalue weighted by molar-refractivity contribution is 9.10. The summed E-state index contributed by atoms with van der Waals surface area (Å²) in [7, 11) is 0. The van der Waals surface area contributed by atoms with Crippen LogP contribution in [0.25, 0.3) is 0 Å². The van der Waals surface area contributed by atoms with E-state index in [2.05, 4.69) is 48.1 Å². The van der Waals surface area contributed by atoms with Crippen molar-refractivity contribution in [2.24, 2.45) is 11.1 Å². The number of thiophene rings is 1. The first-order valence-corrected chi connectivity index (χ1v) is 6.05. The first kappa shape index (κ1) is 11.2. The monoisotopic (exact) mass is 261 g/mol. The molecule has 0 amide bonds. The van der Waals surface area contributed by atoms with Crippen LogP contribution in [0.5, 0.6) is 0 Å². The summed E-state index contributed by atoms with van der Waals surface area (Å²) in [5.74, 6) is 0. The van der Waals surface area contributed by atoms with Crippen molar-refractivity contribution in [1.29, 1.82) is 0 Å². The summed E-state index contributed by atoms with van der Waals surface area (Å²) in [4.78, 5) is 1.27. The number of hydrogen-bond donors (Lipinski definition) is 1. The van der Waals surface area contributed by atoms with Crippen molar-refractivity contribution in [2.45, 2.75) is 33.2 Å². The maximum Gasteiger partial charge on any atom is 0.0395 e. The van der Waals surface area contributed by atoms with Gasteiger partial charge in [-0.2, -0.15) is 0 Å². The lowest BCUT2D eigenvalue weighted by molar-refractivity contribution is 0.345. The highest BCUT2D eigenvalue weighted by Crippen LogP contribution is 2.32. The molecular weight excluding hydrogens is 246 g/mol. The Hall–Kier alpha value is 0.140. The summed E-state index contributed by atoms with van der Waals surface area (Å²) in [5, 5.41) is 2.08. The van der Waals surface area contributed by atoms with E-state index >= 15 is 0 Å². The van der Waals surface area contributed by atoms with Gasteiger partial charge in [-0.05, 0) is 33.8 Å². The van der Waals surface area contributed by atoms with Crippen LogP contribution in [0.4, 0.5) is 0 Å². The molecule has 0 saturated carbocycles. The van der Waals surface area contributed by atoms with Crippen LogP contribution in [0.1, 0.15) is 38.1 Å². The van der Waals surface area contributed by atoms with E-state index in [4.69, 9.17) is 5.73 Å². The Morgan fingerprint density at radius 3 is 2.54 bits per heavy atom. The van der Waals surface area contributed by atoms with Crippen LogP contribution < -0.4 is 5.73 Å². The molecule has 0 aliphatic rings. The van der Waals surface area contributed by atoms with Gasteiger partial charge >= 0.3 is 0 Å². The van der Waals surface area contributed by atoms with Crippen LogP contribution in [0.3, 0.4) is 0 Å². The lowest BCUT2D eigenvalue weighted by Crippen LogP contribution is -2.17. The maximum atomic E-state index is 6.08. The summed E-state index contributed by atoms with van der Waals surface area (Å²) < 4.78 is 1.14. The molecule has 1 atom stereocenters. The molecule has 1 aromatic heterocycles. The van der Waals surface area contributed by atoms with E-state index in [0.717, 1.165) is 10.9 Å². The van der Waals surface area contributed by atoms with Gasteiger partial charge in [0.05, 0.1) is 0 Å². The Bertz CT molecular complexity index is 275. The lowest BCUT2D eigenvalue weighted by atomic mass is 9.88. The smallest absolute Gasteiger partial charge is 0.0395 e. The van der Waals surface area contributed by atoms with Crippen LogP contribution in [0.15, 0.2) is 15.9 Å². The maximum absolute atomic E-state index is 6.08. The third-order valence-corrected chi connectivity index (χ3v) is 3.61. The molecule has 2 N–H and O–H groups in total. The summed E-state index contributed by atoms with van der Waals surface area (Å²) in [6, 6.07) is 2.29. The molecule has 0 aromatic carbocycles. The van der Waals surface area contributed by atoms with Crippen molar-refractivity contribution in [1.82, 2.24) is 0 Å². The molecule has 1 heterocycles. The minimum atomic E-state index is 0.177. The van der Waals surface area contributed by atoms with Gasteiger partial charge in [0.25, 0.3) is 0 Å². The zero-order valence-electron chi connectivity index (χ0n) is 8.30. The highest BCUT2D eigenvalue weighted by Gasteiger charge is 2.17. The number of hydrogen-bond acceptors (Lipinski definition) is 2. The fraction of sp³-hybridized carbons (Fsp3) is 0.600. The van der Waals surface area contributed by atoms with E-state index in [9.17, 15) is 0 Å². The fourth-order valence-electron chi connectivity index (χ4n) is 1.28. The van der Waals surface area contributed by atoms with Crippen LogP contribution in [-0.4, -0.2) is 0 Å². The van der Waals surface area contributed by atoms with E-state index in [0.29, 0.717) is 5.41 Å². The molecule has 74 valence electrons. The lowest BCUT2D eigenvalue weighted by Gasteiger charge is -2.22. The SMILES string of the molecule is CC(C)(C)C[C@@H](N)c1cc(Br)cs1. The van der Waals surface area contributed by atoms with Crippen molar-refractivity contribution < 1.29 is 0 Å². The van der Waals surface area contributed by atoms with Crippen LogP contribution >= 0.6 is 27.3 Å². The van der Waals surface area contributed by atoms with Crippen LogP contribution in [-0.2, 0) is 0 Å². The van der Waals surface area contributed by atoms with Crippen LogP contribution in [0, 0.1) is 5.41 Å². The Morgan fingerprint density at radius 2 is 2.15 bits per heavy atom. The van der Waals surface area contributed by atoms with Gasteiger partial charge in [0.1, 0.15) is 0 Å². The third-order valence-electron chi connectivity index (χ3n) is 1.79. The minimum absolute atomic E-state index is 0.177. The average molecular weight is 262 g/mol. The molecule has 3 heteroatoms. The summed E-state index contributed by atoms with van der Waals surface area (Å²) in [5.41, 5.74) is 6.39.